The normalized spacial score (nSPS) is 18.1. The van der Waals surface area contributed by atoms with Gasteiger partial charge in [0.05, 0.1) is 73.1 Å². The minimum atomic E-state index is -0.513. The average Bonchev–Trinajstić information content (AvgIpc) is 3.95. The Morgan fingerprint density at radius 2 is 1.06 bits per heavy atom. The summed E-state index contributed by atoms with van der Waals surface area (Å²) in [7, 11) is 0. The van der Waals surface area contributed by atoms with E-state index in [1.807, 2.05) is 31.6 Å². The Bertz CT molecular complexity index is 2500. The van der Waals surface area contributed by atoms with Gasteiger partial charge in [0.15, 0.2) is 11.3 Å². The van der Waals surface area contributed by atoms with E-state index in [-0.39, 0.29) is 24.0 Å². The molecule has 22 nitrogen and oxygen atoms in total. The van der Waals surface area contributed by atoms with E-state index < -0.39 is 5.60 Å². The zero-order valence-electron chi connectivity index (χ0n) is 35.9. The second-order valence-electron chi connectivity index (χ2n) is 16.9. The minimum Gasteiger partial charge on any atom is -0.444 e. The van der Waals surface area contributed by atoms with Crippen LogP contribution < -0.4 is 26.6 Å². The quantitative estimate of drug-likeness (QED) is 0.217. The van der Waals surface area contributed by atoms with Gasteiger partial charge in [-0.25, -0.2) is 44.1 Å². The second-order valence-corrected chi connectivity index (χ2v) is 16.9. The van der Waals surface area contributed by atoms with Gasteiger partial charge in [-0.15, -0.1) is 0 Å². The highest BCUT2D eigenvalue weighted by molar-refractivity contribution is 5.92. The maximum atomic E-state index is 12.5. The van der Waals surface area contributed by atoms with E-state index in [1.165, 1.54) is 0 Å². The molecule has 0 unspecified atom stereocenters. The van der Waals surface area contributed by atoms with Crippen molar-refractivity contribution >= 4 is 52.0 Å². The van der Waals surface area contributed by atoms with Crippen molar-refractivity contribution in [2.45, 2.75) is 64.1 Å². The van der Waals surface area contributed by atoms with E-state index >= 15 is 0 Å². The molecule has 22 heteroatoms. The van der Waals surface area contributed by atoms with Crippen LogP contribution in [0.5, 0.6) is 0 Å². The number of morpholine rings is 2. The molecule has 63 heavy (non-hydrogen) atoms. The van der Waals surface area contributed by atoms with Gasteiger partial charge in [0.25, 0.3) is 0 Å². The highest BCUT2D eigenvalue weighted by Crippen LogP contribution is 2.34. The van der Waals surface area contributed by atoms with E-state index in [1.54, 1.807) is 35.9 Å². The Balaban J connectivity index is 0.000000164. The number of ether oxygens (including phenoxy) is 3. The zero-order chi connectivity index (χ0) is 43.5. The third-order valence-corrected chi connectivity index (χ3v) is 11.5. The fraction of sp³-hybridized carbons (Fsp3) is 0.537. The Labute approximate surface area is 363 Å². The van der Waals surface area contributed by atoms with Crippen molar-refractivity contribution in [1.82, 2.24) is 69.6 Å². The number of aromatic nitrogens is 12. The van der Waals surface area contributed by atoms with Crippen molar-refractivity contribution in [3.05, 3.63) is 37.2 Å². The third kappa shape index (κ3) is 9.37. The number of amides is 1. The van der Waals surface area contributed by atoms with Crippen molar-refractivity contribution in [1.29, 1.82) is 0 Å². The minimum absolute atomic E-state index is 0.106. The SMILES string of the molecule is CC(C)(C)OC(=O)N1CCC(n2ncc3c(-c4cnc(N)nc4)nc(N4CCOCC4)nc32)CC1.Nc1ncc(-c2nc(N3CCOCC3)nc3c2cnn3C2CCNCC2)cn1. The predicted octanol–water partition coefficient (Wildman–Crippen LogP) is 2.90. The lowest BCUT2D eigenvalue weighted by molar-refractivity contribution is 0.0186. The largest absolute Gasteiger partial charge is 0.444 e. The van der Waals surface area contributed by atoms with E-state index in [0.717, 1.165) is 90.7 Å². The van der Waals surface area contributed by atoms with Gasteiger partial charge in [-0.2, -0.15) is 20.2 Å². The van der Waals surface area contributed by atoms with E-state index in [4.69, 9.17) is 50.7 Å². The molecule has 0 radical (unpaired) electrons. The number of fused-ring (bicyclic) bond motifs is 2. The molecule has 0 aromatic carbocycles. The molecule has 6 aromatic rings. The summed E-state index contributed by atoms with van der Waals surface area (Å²) in [6.45, 7) is 14.4. The van der Waals surface area contributed by atoms with Gasteiger partial charge < -0.3 is 45.7 Å². The van der Waals surface area contributed by atoms with Gasteiger partial charge in [0, 0.05) is 75.2 Å². The molecule has 10 rings (SSSR count). The summed E-state index contributed by atoms with van der Waals surface area (Å²) in [6, 6.07) is 0.441. The molecule has 6 aromatic heterocycles. The average molecular weight is 863 g/mol. The van der Waals surface area contributed by atoms with Gasteiger partial charge >= 0.3 is 6.09 Å². The first-order chi connectivity index (χ1) is 30.6. The van der Waals surface area contributed by atoms with Crippen LogP contribution in [0.15, 0.2) is 37.2 Å². The van der Waals surface area contributed by atoms with Crippen molar-refractivity contribution in [3.63, 3.8) is 0 Å². The van der Waals surface area contributed by atoms with Crippen molar-refractivity contribution in [2.75, 3.05) is 100 Å². The number of nitrogens with one attached hydrogen (secondary N) is 1. The van der Waals surface area contributed by atoms with E-state index in [0.29, 0.717) is 76.2 Å². The monoisotopic (exact) mass is 862 g/mol. The molecule has 4 saturated heterocycles. The van der Waals surface area contributed by atoms with Crippen LogP contribution in [0.25, 0.3) is 44.6 Å². The Morgan fingerprint density at radius 1 is 0.635 bits per heavy atom. The van der Waals surface area contributed by atoms with Crippen LogP contribution in [0.3, 0.4) is 0 Å². The number of carbonyl (C=O) groups is 1. The van der Waals surface area contributed by atoms with Gasteiger partial charge in [0.2, 0.25) is 23.8 Å². The molecule has 10 heterocycles. The van der Waals surface area contributed by atoms with Crippen LogP contribution >= 0.6 is 0 Å². The molecule has 0 saturated carbocycles. The first-order valence-electron chi connectivity index (χ1n) is 21.6. The molecule has 4 aliphatic heterocycles. The molecule has 0 aliphatic carbocycles. The number of nitrogens with two attached hydrogens (primary N) is 2. The molecule has 332 valence electrons. The third-order valence-electron chi connectivity index (χ3n) is 11.5. The summed E-state index contributed by atoms with van der Waals surface area (Å²) >= 11 is 0. The molecule has 1 amide bonds. The standard InChI is InChI=1S/C23H31N9O3.C18H23N9O/c1-23(2,3)35-22(33)31-6-4-16(5-7-31)32-19-17(14-27-32)18(15-12-25-20(24)26-13-15)28-21(29-19)30-8-10-34-11-9-30;19-17-21-9-12(10-22-17)15-14-11-23-27(13-1-3-20-4-2-13)16(14)25-18(24-15)26-5-7-28-8-6-26/h12-14,16H,4-11H2,1-3H3,(H2,24,25,26);9-11,13,20H,1-8H2,(H2,19,21,22). The fourth-order valence-electron chi connectivity index (χ4n) is 8.20. The van der Waals surface area contributed by atoms with Crippen molar-refractivity contribution in [2.24, 2.45) is 0 Å². The molecule has 4 aliphatic rings. The Morgan fingerprint density at radius 3 is 1.49 bits per heavy atom. The molecule has 0 spiro atoms. The first-order valence-corrected chi connectivity index (χ1v) is 21.6. The van der Waals surface area contributed by atoms with Crippen LogP contribution in [0.2, 0.25) is 0 Å². The highest BCUT2D eigenvalue weighted by atomic mass is 16.6. The topological polar surface area (TPSA) is 257 Å². The van der Waals surface area contributed by atoms with Crippen LogP contribution in [-0.4, -0.2) is 155 Å². The van der Waals surface area contributed by atoms with Gasteiger partial charge in [0.1, 0.15) is 5.60 Å². The maximum Gasteiger partial charge on any atom is 0.410 e. The number of likely N-dealkylation sites (tertiary alicyclic amines) is 1. The molecule has 5 N–H and O–H groups in total. The lowest BCUT2D eigenvalue weighted by Crippen LogP contribution is -2.42. The molecular weight excluding hydrogens is 809 g/mol. The molecule has 0 atom stereocenters. The lowest BCUT2D eigenvalue weighted by atomic mass is 10.1. The summed E-state index contributed by atoms with van der Waals surface area (Å²) in [5.41, 5.74) is 15.5. The molecule has 4 fully saturated rings. The fourth-order valence-corrected chi connectivity index (χ4v) is 8.20. The number of carbonyl (C=O) groups excluding carboxylic acids is 1. The number of piperidine rings is 2. The zero-order valence-corrected chi connectivity index (χ0v) is 35.9. The molecule has 0 bridgehead atoms. The summed E-state index contributed by atoms with van der Waals surface area (Å²) in [5.74, 6) is 1.77. The number of hydrogen-bond acceptors (Lipinski definition) is 19. The van der Waals surface area contributed by atoms with E-state index in [9.17, 15) is 4.79 Å². The number of anilines is 4. The maximum absolute atomic E-state index is 12.5. The lowest BCUT2D eigenvalue weighted by Gasteiger charge is -2.33. The second kappa shape index (κ2) is 18.1. The summed E-state index contributed by atoms with van der Waals surface area (Å²) in [5, 5.41) is 14.5. The Kier molecular flexibility index (Phi) is 12.1. The van der Waals surface area contributed by atoms with Gasteiger partial charge in [-0.3, -0.25) is 0 Å². The van der Waals surface area contributed by atoms with Crippen molar-refractivity contribution < 1.29 is 19.0 Å². The van der Waals surface area contributed by atoms with Crippen molar-refractivity contribution in [3.8, 4) is 22.5 Å². The number of hydrogen-bond donors (Lipinski definition) is 3. The first kappa shape index (κ1) is 41.9. The smallest absolute Gasteiger partial charge is 0.410 e. The van der Waals surface area contributed by atoms with Gasteiger partial charge in [-0.1, -0.05) is 0 Å². The summed E-state index contributed by atoms with van der Waals surface area (Å²) < 4.78 is 20.6. The van der Waals surface area contributed by atoms with Crippen LogP contribution in [-0.2, 0) is 14.2 Å². The van der Waals surface area contributed by atoms with Crippen LogP contribution in [0.4, 0.5) is 28.6 Å². The predicted molar refractivity (Wildman–Crippen MR) is 235 cm³/mol. The molecular formula is C41H54N18O4. The highest BCUT2D eigenvalue weighted by Gasteiger charge is 2.30. The number of nitrogens with zero attached hydrogens (tertiary/aromatic N) is 15. The summed E-state index contributed by atoms with van der Waals surface area (Å²) in [4.78, 5) is 54.7. The van der Waals surface area contributed by atoms with Crippen LogP contribution in [0, 0.1) is 0 Å². The van der Waals surface area contributed by atoms with E-state index in [2.05, 4.69) is 44.8 Å². The van der Waals surface area contributed by atoms with Crippen LogP contribution in [0.1, 0.15) is 58.5 Å². The number of nitrogen functional groups attached to an aromatic ring is 2. The van der Waals surface area contributed by atoms with Gasteiger partial charge in [-0.05, 0) is 59.5 Å². The number of rotatable bonds is 6. The Hall–Kier alpha value is -6.39. The summed E-state index contributed by atoms with van der Waals surface area (Å²) in [6.07, 6.45) is 13.7.